The van der Waals surface area contributed by atoms with Crippen LogP contribution in [0.15, 0.2) is 18.3 Å². The van der Waals surface area contributed by atoms with Gasteiger partial charge in [-0.25, -0.2) is 4.98 Å². The van der Waals surface area contributed by atoms with E-state index >= 15 is 0 Å². The number of hydrogen-bond acceptors (Lipinski definition) is 4. The summed E-state index contributed by atoms with van der Waals surface area (Å²) >= 11 is 0. The summed E-state index contributed by atoms with van der Waals surface area (Å²) in [5.41, 5.74) is 1.19. The van der Waals surface area contributed by atoms with Crippen LogP contribution in [0.3, 0.4) is 0 Å². The van der Waals surface area contributed by atoms with Gasteiger partial charge in [-0.1, -0.05) is 6.07 Å². The van der Waals surface area contributed by atoms with Crippen molar-refractivity contribution in [1.29, 1.82) is 5.26 Å². The Morgan fingerprint density at radius 2 is 2.00 bits per heavy atom. The molecule has 1 atom stereocenters. The molecule has 1 saturated heterocycles. The van der Waals surface area contributed by atoms with E-state index in [-0.39, 0.29) is 6.04 Å². The van der Waals surface area contributed by atoms with Gasteiger partial charge in [0.25, 0.3) is 0 Å². The van der Waals surface area contributed by atoms with Gasteiger partial charge in [0.05, 0.1) is 12.1 Å². The van der Waals surface area contributed by atoms with Gasteiger partial charge in [-0.05, 0) is 25.5 Å². The van der Waals surface area contributed by atoms with Gasteiger partial charge in [-0.15, -0.1) is 0 Å². The molecule has 0 N–H and O–H groups in total. The molecule has 2 rings (SSSR count). The molecule has 1 aliphatic heterocycles. The fraction of sp³-hybridized carbons (Fsp3) is 0.538. The molecular formula is C13H18N4. The van der Waals surface area contributed by atoms with Crippen LogP contribution in [-0.4, -0.2) is 42.1 Å². The third-order valence-corrected chi connectivity index (χ3v) is 3.27. The first-order valence-electron chi connectivity index (χ1n) is 6.02. The maximum absolute atomic E-state index is 8.88. The number of aryl methyl sites for hydroxylation is 1. The Balaban J connectivity index is 1.95. The molecule has 1 unspecified atom stereocenters. The lowest BCUT2D eigenvalue weighted by Gasteiger charge is -2.36. The van der Waals surface area contributed by atoms with Crippen LogP contribution in [0, 0.1) is 18.3 Å². The monoisotopic (exact) mass is 230 g/mol. The minimum atomic E-state index is 0.0168. The molecule has 2 heterocycles. The van der Waals surface area contributed by atoms with E-state index in [9.17, 15) is 0 Å². The molecule has 0 spiro atoms. The Morgan fingerprint density at radius 1 is 1.29 bits per heavy atom. The van der Waals surface area contributed by atoms with E-state index in [2.05, 4.69) is 33.0 Å². The van der Waals surface area contributed by atoms with Gasteiger partial charge >= 0.3 is 0 Å². The Kier molecular flexibility index (Phi) is 3.60. The van der Waals surface area contributed by atoms with E-state index in [4.69, 9.17) is 5.26 Å². The van der Waals surface area contributed by atoms with Gasteiger partial charge in [-0.3, -0.25) is 4.90 Å². The fourth-order valence-corrected chi connectivity index (χ4v) is 2.07. The normalized spacial score (nSPS) is 18.8. The molecule has 0 bridgehead atoms. The highest BCUT2D eigenvalue weighted by Crippen LogP contribution is 2.14. The second kappa shape index (κ2) is 5.15. The number of nitriles is 1. The average molecular weight is 230 g/mol. The van der Waals surface area contributed by atoms with Gasteiger partial charge in [0.1, 0.15) is 5.82 Å². The van der Waals surface area contributed by atoms with Crippen molar-refractivity contribution in [3.63, 3.8) is 0 Å². The van der Waals surface area contributed by atoms with Crippen LogP contribution in [0.1, 0.15) is 12.5 Å². The highest BCUT2D eigenvalue weighted by atomic mass is 15.3. The zero-order valence-electron chi connectivity index (χ0n) is 10.4. The molecule has 0 aliphatic carbocycles. The largest absolute Gasteiger partial charge is 0.354 e. The van der Waals surface area contributed by atoms with Crippen molar-refractivity contribution in [2.75, 3.05) is 31.1 Å². The number of hydrogen-bond donors (Lipinski definition) is 0. The predicted octanol–water partition coefficient (Wildman–Crippen LogP) is 1.42. The van der Waals surface area contributed by atoms with Crippen LogP contribution in [0.4, 0.5) is 5.82 Å². The molecule has 0 saturated carbocycles. The first-order valence-corrected chi connectivity index (χ1v) is 6.02. The Hall–Kier alpha value is -1.60. The number of rotatable bonds is 2. The summed E-state index contributed by atoms with van der Waals surface area (Å²) in [6, 6.07) is 6.46. The molecule has 1 aromatic heterocycles. The van der Waals surface area contributed by atoms with E-state index in [1.54, 1.807) is 0 Å². The SMILES string of the molecule is Cc1ccc(N2CCN(C(C)C#N)CC2)nc1. The zero-order valence-corrected chi connectivity index (χ0v) is 10.4. The van der Waals surface area contributed by atoms with Crippen molar-refractivity contribution >= 4 is 5.82 Å². The summed E-state index contributed by atoms with van der Waals surface area (Å²) in [4.78, 5) is 8.93. The third kappa shape index (κ3) is 2.75. The highest BCUT2D eigenvalue weighted by molar-refractivity contribution is 5.39. The van der Waals surface area contributed by atoms with Gasteiger partial charge in [-0.2, -0.15) is 5.26 Å². The summed E-state index contributed by atoms with van der Waals surface area (Å²) in [6.45, 7) is 7.77. The summed E-state index contributed by atoms with van der Waals surface area (Å²) in [5, 5.41) is 8.88. The van der Waals surface area contributed by atoms with Crippen LogP contribution >= 0.6 is 0 Å². The lowest BCUT2D eigenvalue weighted by Crippen LogP contribution is -2.49. The zero-order chi connectivity index (χ0) is 12.3. The summed E-state index contributed by atoms with van der Waals surface area (Å²) in [7, 11) is 0. The van der Waals surface area contributed by atoms with Crippen LogP contribution < -0.4 is 4.90 Å². The van der Waals surface area contributed by atoms with Crippen molar-refractivity contribution in [3.05, 3.63) is 23.9 Å². The van der Waals surface area contributed by atoms with Gasteiger partial charge in [0.2, 0.25) is 0 Å². The molecule has 0 radical (unpaired) electrons. The Labute approximate surface area is 102 Å². The maximum atomic E-state index is 8.88. The molecule has 0 aromatic carbocycles. The van der Waals surface area contributed by atoms with Gasteiger partial charge in [0, 0.05) is 32.4 Å². The Bertz CT molecular complexity index is 398. The summed E-state index contributed by atoms with van der Waals surface area (Å²) in [5.74, 6) is 1.04. The predicted molar refractivity (Wildman–Crippen MR) is 67.8 cm³/mol. The van der Waals surface area contributed by atoms with Crippen molar-refractivity contribution < 1.29 is 0 Å². The highest BCUT2D eigenvalue weighted by Gasteiger charge is 2.21. The minimum absolute atomic E-state index is 0.0168. The minimum Gasteiger partial charge on any atom is -0.354 e. The van der Waals surface area contributed by atoms with Crippen molar-refractivity contribution in [2.45, 2.75) is 19.9 Å². The number of nitrogens with zero attached hydrogens (tertiary/aromatic N) is 4. The Morgan fingerprint density at radius 3 is 2.53 bits per heavy atom. The third-order valence-electron chi connectivity index (χ3n) is 3.27. The van der Waals surface area contributed by atoms with Gasteiger partial charge in [0.15, 0.2) is 0 Å². The van der Waals surface area contributed by atoms with E-state index in [0.29, 0.717) is 0 Å². The molecule has 1 aliphatic rings. The van der Waals surface area contributed by atoms with Crippen LogP contribution in [0.2, 0.25) is 0 Å². The fourth-order valence-electron chi connectivity index (χ4n) is 2.07. The molecule has 0 amide bonds. The lowest BCUT2D eigenvalue weighted by atomic mass is 10.2. The van der Waals surface area contributed by atoms with Crippen LogP contribution in [0.25, 0.3) is 0 Å². The number of piperazine rings is 1. The number of anilines is 1. The molecule has 4 heteroatoms. The summed E-state index contributed by atoms with van der Waals surface area (Å²) in [6.07, 6.45) is 1.90. The quantitative estimate of drug-likeness (QED) is 0.770. The van der Waals surface area contributed by atoms with Crippen molar-refractivity contribution in [2.24, 2.45) is 0 Å². The molecule has 1 fully saturated rings. The number of pyridine rings is 1. The number of aromatic nitrogens is 1. The lowest BCUT2D eigenvalue weighted by molar-refractivity contribution is 0.231. The van der Waals surface area contributed by atoms with E-state index < -0.39 is 0 Å². The average Bonchev–Trinajstić information content (AvgIpc) is 2.39. The van der Waals surface area contributed by atoms with E-state index in [0.717, 1.165) is 32.0 Å². The van der Waals surface area contributed by atoms with Crippen molar-refractivity contribution in [1.82, 2.24) is 9.88 Å². The van der Waals surface area contributed by atoms with Crippen molar-refractivity contribution in [3.8, 4) is 6.07 Å². The first kappa shape index (κ1) is 11.9. The van der Waals surface area contributed by atoms with Gasteiger partial charge < -0.3 is 4.90 Å². The van der Waals surface area contributed by atoms with Crippen LogP contribution in [-0.2, 0) is 0 Å². The first-order chi connectivity index (χ1) is 8.20. The topological polar surface area (TPSA) is 43.2 Å². The molecular weight excluding hydrogens is 212 g/mol. The van der Waals surface area contributed by atoms with Crippen LogP contribution in [0.5, 0.6) is 0 Å². The molecule has 90 valence electrons. The summed E-state index contributed by atoms with van der Waals surface area (Å²) < 4.78 is 0. The smallest absolute Gasteiger partial charge is 0.128 e. The van der Waals surface area contributed by atoms with E-state index in [1.807, 2.05) is 20.0 Å². The second-order valence-corrected chi connectivity index (χ2v) is 4.52. The molecule has 1 aromatic rings. The van der Waals surface area contributed by atoms with E-state index in [1.165, 1.54) is 5.56 Å². The standard InChI is InChI=1S/C13H18N4/c1-11-3-4-13(15-10-11)17-7-5-16(6-8-17)12(2)9-14/h3-4,10,12H,5-8H2,1-2H3. The molecule has 4 nitrogen and oxygen atoms in total. The maximum Gasteiger partial charge on any atom is 0.128 e. The second-order valence-electron chi connectivity index (χ2n) is 4.52. The molecule has 17 heavy (non-hydrogen) atoms.